The zero-order chi connectivity index (χ0) is 23.3. The predicted molar refractivity (Wildman–Crippen MR) is 117 cm³/mol. The van der Waals surface area contributed by atoms with Crippen molar-refractivity contribution >= 4 is 17.7 Å². The van der Waals surface area contributed by atoms with Crippen LogP contribution in [0.2, 0.25) is 0 Å². The molecule has 1 aliphatic rings. The van der Waals surface area contributed by atoms with Crippen LogP contribution in [0.3, 0.4) is 0 Å². The second-order valence-electron chi connectivity index (χ2n) is 7.41. The molecule has 32 heavy (non-hydrogen) atoms. The van der Waals surface area contributed by atoms with Gasteiger partial charge in [-0.05, 0) is 42.7 Å². The van der Waals surface area contributed by atoms with E-state index >= 15 is 0 Å². The molecule has 1 fully saturated rings. The highest BCUT2D eigenvalue weighted by Crippen LogP contribution is 2.38. The molecule has 3 amide bonds. The number of ether oxygens (including phenoxy) is 3. The molecule has 1 aliphatic carbocycles. The SMILES string of the molecule is COc1cc(C(=O)NCC(=O)N(Cc2ccc(C(N)=O)cc2)C2CC2)cc(OC)c1OC. The fourth-order valence-electron chi connectivity index (χ4n) is 3.35. The molecule has 3 N–H and O–H groups in total. The molecule has 0 aromatic heterocycles. The summed E-state index contributed by atoms with van der Waals surface area (Å²) in [5, 5.41) is 2.67. The lowest BCUT2D eigenvalue weighted by molar-refractivity contribution is -0.131. The lowest BCUT2D eigenvalue weighted by Gasteiger charge is -2.23. The summed E-state index contributed by atoms with van der Waals surface area (Å²) in [4.78, 5) is 38.5. The summed E-state index contributed by atoms with van der Waals surface area (Å²) in [5.74, 6) is -0.0396. The van der Waals surface area contributed by atoms with Gasteiger partial charge in [0, 0.05) is 23.7 Å². The number of nitrogens with one attached hydrogen (secondary N) is 1. The number of amides is 3. The fraction of sp³-hybridized carbons (Fsp3) is 0.348. The molecule has 1 saturated carbocycles. The van der Waals surface area contributed by atoms with E-state index in [-0.39, 0.29) is 24.1 Å². The predicted octanol–water partition coefficient (Wildman–Crippen LogP) is 1.73. The third kappa shape index (κ3) is 5.29. The van der Waals surface area contributed by atoms with Crippen LogP contribution in [0, 0.1) is 0 Å². The third-order valence-electron chi connectivity index (χ3n) is 5.23. The number of benzene rings is 2. The second-order valence-corrected chi connectivity index (χ2v) is 7.41. The summed E-state index contributed by atoms with van der Waals surface area (Å²) in [6.07, 6.45) is 1.85. The first-order chi connectivity index (χ1) is 15.4. The first kappa shape index (κ1) is 22.9. The minimum Gasteiger partial charge on any atom is -0.493 e. The molecule has 0 atom stereocenters. The maximum Gasteiger partial charge on any atom is 0.251 e. The van der Waals surface area contributed by atoms with Crippen molar-refractivity contribution in [3.05, 3.63) is 53.1 Å². The minimum atomic E-state index is -0.499. The maximum absolute atomic E-state index is 12.9. The Morgan fingerprint density at radius 1 is 0.969 bits per heavy atom. The average Bonchev–Trinajstić information content (AvgIpc) is 3.65. The number of carbonyl (C=O) groups excluding carboxylic acids is 3. The second kappa shape index (κ2) is 10.0. The van der Waals surface area contributed by atoms with Crippen LogP contribution in [0.25, 0.3) is 0 Å². The number of carbonyl (C=O) groups is 3. The van der Waals surface area contributed by atoms with Crippen molar-refractivity contribution in [2.75, 3.05) is 27.9 Å². The van der Waals surface area contributed by atoms with E-state index in [1.165, 1.54) is 33.5 Å². The molecular weight excluding hydrogens is 414 g/mol. The van der Waals surface area contributed by atoms with Gasteiger partial charge in [0.2, 0.25) is 17.6 Å². The highest BCUT2D eigenvalue weighted by atomic mass is 16.5. The van der Waals surface area contributed by atoms with E-state index < -0.39 is 11.8 Å². The van der Waals surface area contributed by atoms with Crippen LogP contribution in [0.15, 0.2) is 36.4 Å². The Morgan fingerprint density at radius 2 is 1.56 bits per heavy atom. The molecule has 0 aliphatic heterocycles. The molecule has 2 aromatic carbocycles. The number of hydrogen-bond acceptors (Lipinski definition) is 6. The summed E-state index contributed by atoms with van der Waals surface area (Å²) >= 11 is 0. The van der Waals surface area contributed by atoms with Crippen LogP contribution in [0.4, 0.5) is 0 Å². The molecule has 0 radical (unpaired) electrons. The van der Waals surface area contributed by atoms with Gasteiger partial charge in [-0.15, -0.1) is 0 Å². The zero-order valence-electron chi connectivity index (χ0n) is 18.3. The van der Waals surface area contributed by atoms with Crippen molar-refractivity contribution in [3.8, 4) is 17.2 Å². The van der Waals surface area contributed by atoms with Gasteiger partial charge in [-0.2, -0.15) is 0 Å². The highest BCUT2D eigenvalue weighted by Gasteiger charge is 2.32. The topological polar surface area (TPSA) is 120 Å². The van der Waals surface area contributed by atoms with Crippen LogP contribution in [-0.4, -0.2) is 56.5 Å². The van der Waals surface area contributed by atoms with Crippen LogP contribution in [0.5, 0.6) is 17.2 Å². The van der Waals surface area contributed by atoms with Crippen molar-refractivity contribution in [3.63, 3.8) is 0 Å². The average molecular weight is 441 g/mol. The van der Waals surface area contributed by atoms with Gasteiger partial charge < -0.3 is 30.2 Å². The molecule has 0 saturated heterocycles. The summed E-state index contributed by atoms with van der Waals surface area (Å²) in [6, 6.07) is 10.0. The summed E-state index contributed by atoms with van der Waals surface area (Å²) in [7, 11) is 4.41. The Balaban J connectivity index is 1.66. The normalized spacial score (nSPS) is 12.6. The molecule has 0 bridgehead atoms. The molecule has 9 heteroatoms. The molecule has 9 nitrogen and oxygen atoms in total. The fourth-order valence-corrected chi connectivity index (χ4v) is 3.35. The van der Waals surface area contributed by atoms with Crippen molar-refractivity contribution in [1.82, 2.24) is 10.2 Å². The van der Waals surface area contributed by atoms with Crippen molar-refractivity contribution in [2.45, 2.75) is 25.4 Å². The number of hydrogen-bond donors (Lipinski definition) is 2. The standard InChI is InChI=1S/C23H27N3O6/c1-30-18-10-16(11-19(31-2)21(18)32-3)23(29)25-12-20(27)26(17-8-9-17)13-14-4-6-15(7-5-14)22(24)28/h4-7,10-11,17H,8-9,12-13H2,1-3H3,(H2,24,28)(H,25,29). The van der Waals surface area contributed by atoms with E-state index in [4.69, 9.17) is 19.9 Å². The highest BCUT2D eigenvalue weighted by molar-refractivity contribution is 5.97. The van der Waals surface area contributed by atoms with E-state index in [2.05, 4.69) is 5.32 Å². The van der Waals surface area contributed by atoms with Gasteiger partial charge in [0.1, 0.15) is 0 Å². The Bertz CT molecular complexity index is 976. The Kier molecular flexibility index (Phi) is 7.19. The largest absolute Gasteiger partial charge is 0.493 e. The van der Waals surface area contributed by atoms with Crippen molar-refractivity contribution < 1.29 is 28.6 Å². The van der Waals surface area contributed by atoms with Gasteiger partial charge >= 0.3 is 0 Å². The van der Waals surface area contributed by atoms with Gasteiger partial charge in [0.15, 0.2) is 11.5 Å². The lowest BCUT2D eigenvalue weighted by Crippen LogP contribution is -2.41. The zero-order valence-corrected chi connectivity index (χ0v) is 18.3. The molecule has 3 rings (SSSR count). The first-order valence-electron chi connectivity index (χ1n) is 10.1. The Labute approximate surface area is 186 Å². The van der Waals surface area contributed by atoms with Gasteiger partial charge in [-0.1, -0.05) is 12.1 Å². The van der Waals surface area contributed by atoms with Gasteiger partial charge in [-0.3, -0.25) is 14.4 Å². The van der Waals surface area contributed by atoms with Gasteiger partial charge in [0.05, 0.1) is 27.9 Å². The molecule has 0 heterocycles. The molecular formula is C23H27N3O6. The van der Waals surface area contributed by atoms with Gasteiger partial charge in [-0.25, -0.2) is 0 Å². The summed E-state index contributed by atoms with van der Waals surface area (Å²) < 4.78 is 15.8. The van der Waals surface area contributed by atoms with Crippen molar-refractivity contribution in [2.24, 2.45) is 5.73 Å². The number of methoxy groups -OCH3 is 3. The van der Waals surface area contributed by atoms with E-state index in [0.717, 1.165) is 18.4 Å². The number of rotatable bonds is 10. The van der Waals surface area contributed by atoms with E-state index in [9.17, 15) is 14.4 Å². The minimum absolute atomic E-state index is 0.147. The lowest BCUT2D eigenvalue weighted by atomic mass is 10.1. The van der Waals surface area contributed by atoms with Crippen LogP contribution >= 0.6 is 0 Å². The van der Waals surface area contributed by atoms with Crippen LogP contribution < -0.4 is 25.3 Å². The molecule has 0 unspecified atom stereocenters. The van der Waals surface area contributed by atoms with Crippen LogP contribution in [-0.2, 0) is 11.3 Å². The first-order valence-corrected chi connectivity index (χ1v) is 10.1. The Morgan fingerprint density at radius 3 is 2.03 bits per heavy atom. The van der Waals surface area contributed by atoms with Gasteiger partial charge in [0.25, 0.3) is 5.91 Å². The van der Waals surface area contributed by atoms with E-state index in [1.54, 1.807) is 29.2 Å². The molecule has 0 spiro atoms. The smallest absolute Gasteiger partial charge is 0.251 e. The molecule has 2 aromatic rings. The number of nitrogens with two attached hydrogens (primary N) is 1. The molecule has 170 valence electrons. The third-order valence-corrected chi connectivity index (χ3v) is 5.23. The quantitative estimate of drug-likeness (QED) is 0.579. The number of primary amides is 1. The van der Waals surface area contributed by atoms with E-state index in [1.807, 2.05) is 0 Å². The Hall–Kier alpha value is -3.75. The van der Waals surface area contributed by atoms with Crippen LogP contribution in [0.1, 0.15) is 39.1 Å². The van der Waals surface area contributed by atoms with Crippen molar-refractivity contribution in [1.29, 1.82) is 0 Å². The number of nitrogens with zero attached hydrogens (tertiary/aromatic N) is 1. The van der Waals surface area contributed by atoms with E-state index in [0.29, 0.717) is 29.4 Å². The monoisotopic (exact) mass is 441 g/mol. The maximum atomic E-state index is 12.9. The summed E-state index contributed by atoms with van der Waals surface area (Å²) in [6.45, 7) is 0.244. The summed E-state index contributed by atoms with van der Waals surface area (Å²) in [5.41, 5.74) is 6.85.